The third-order valence-corrected chi connectivity index (χ3v) is 4.70. The summed E-state index contributed by atoms with van der Waals surface area (Å²) in [4.78, 5) is 27.1. The molecule has 2 atom stereocenters. The van der Waals surface area contributed by atoms with E-state index in [0.717, 1.165) is 38.8 Å². The minimum absolute atomic E-state index is 0.191. The van der Waals surface area contributed by atoms with Crippen molar-refractivity contribution in [2.75, 3.05) is 26.2 Å². The number of urea groups is 1. The van der Waals surface area contributed by atoms with Crippen LogP contribution in [0.25, 0.3) is 0 Å². The van der Waals surface area contributed by atoms with Crippen LogP contribution in [-0.2, 0) is 4.79 Å². The molecule has 6 heteroatoms. The van der Waals surface area contributed by atoms with Crippen molar-refractivity contribution >= 4 is 12.0 Å². The van der Waals surface area contributed by atoms with E-state index < -0.39 is 5.97 Å². The Bertz CT molecular complexity index is 397. The lowest BCUT2D eigenvalue weighted by Crippen LogP contribution is -2.50. The largest absolute Gasteiger partial charge is 0.480 e. The topological polar surface area (TPSA) is 72.9 Å². The summed E-state index contributed by atoms with van der Waals surface area (Å²) in [5.41, 5.74) is 0. The van der Waals surface area contributed by atoms with Gasteiger partial charge in [0.25, 0.3) is 0 Å². The van der Waals surface area contributed by atoms with Crippen LogP contribution in [0.1, 0.15) is 32.1 Å². The molecule has 0 aromatic heterocycles. The van der Waals surface area contributed by atoms with Crippen molar-refractivity contribution in [3.63, 3.8) is 0 Å². The van der Waals surface area contributed by atoms with Gasteiger partial charge in [0.15, 0.2) is 0 Å². The van der Waals surface area contributed by atoms with Crippen LogP contribution in [0.3, 0.4) is 0 Å². The summed E-state index contributed by atoms with van der Waals surface area (Å²) in [7, 11) is 0. The van der Waals surface area contributed by atoms with Crippen molar-refractivity contribution in [2.45, 2.75) is 44.2 Å². The smallest absolute Gasteiger partial charge is 0.323 e. The Balaban J connectivity index is 1.56. The van der Waals surface area contributed by atoms with Crippen LogP contribution < -0.4 is 5.32 Å². The van der Waals surface area contributed by atoms with Gasteiger partial charge in [-0.1, -0.05) is 0 Å². The van der Waals surface area contributed by atoms with Gasteiger partial charge in [-0.3, -0.25) is 9.69 Å². The first-order valence-electron chi connectivity index (χ1n) is 7.65. The minimum atomic E-state index is -0.935. The van der Waals surface area contributed by atoms with Gasteiger partial charge in [0.1, 0.15) is 6.54 Å². The number of hydrogen-bond acceptors (Lipinski definition) is 3. The number of aliphatic carboxylic acids is 1. The van der Waals surface area contributed by atoms with Crippen molar-refractivity contribution in [2.24, 2.45) is 5.92 Å². The number of nitrogens with zero attached hydrogens (tertiary/aromatic N) is 2. The molecule has 3 aliphatic rings. The Morgan fingerprint density at radius 1 is 1.20 bits per heavy atom. The van der Waals surface area contributed by atoms with E-state index in [2.05, 4.69) is 10.2 Å². The predicted octanol–water partition coefficient (Wildman–Crippen LogP) is 0.729. The van der Waals surface area contributed by atoms with E-state index in [1.165, 1.54) is 11.3 Å². The molecule has 0 aromatic rings. The maximum Gasteiger partial charge on any atom is 0.323 e. The van der Waals surface area contributed by atoms with E-state index in [1.807, 2.05) is 0 Å². The zero-order chi connectivity index (χ0) is 14.1. The highest BCUT2D eigenvalue weighted by atomic mass is 16.4. The molecule has 1 saturated carbocycles. The first kappa shape index (κ1) is 13.7. The molecule has 0 radical (unpaired) electrons. The number of amides is 2. The molecule has 2 heterocycles. The third kappa shape index (κ3) is 3.06. The zero-order valence-corrected chi connectivity index (χ0v) is 11.8. The molecule has 0 spiro atoms. The number of carbonyl (C=O) groups is 2. The fourth-order valence-corrected chi connectivity index (χ4v) is 3.50. The number of hydrogen-bond donors (Lipinski definition) is 2. The van der Waals surface area contributed by atoms with Crippen LogP contribution in [-0.4, -0.2) is 65.2 Å². The highest BCUT2D eigenvalue weighted by molar-refractivity contribution is 5.80. The second-order valence-corrected chi connectivity index (χ2v) is 6.31. The molecule has 0 bridgehead atoms. The van der Waals surface area contributed by atoms with Crippen LogP contribution >= 0.6 is 0 Å². The predicted molar refractivity (Wildman–Crippen MR) is 73.5 cm³/mol. The van der Waals surface area contributed by atoms with E-state index in [1.54, 1.807) is 0 Å². The average molecular weight is 281 g/mol. The third-order valence-electron chi connectivity index (χ3n) is 4.70. The van der Waals surface area contributed by atoms with Gasteiger partial charge in [-0.2, -0.15) is 0 Å². The standard InChI is InChI=1S/C14H23N3O3/c18-13(19)9-17(8-10-3-4-10)14(20)15-11-5-7-16-6-1-2-12(11)16/h10-12H,1-9H2,(H,15,20)(H,18,19). The number of carboxylic acid groups (broad SMARTS) is 1. The summed E-state index contributed by atoms with van der Waals surface area (Å²) in [5, 5.41) is 12.0. The summed E-state index contributed by atoms with van der Waals surface area (Å²) >= 11 is 0. The Kier molecular flexibility index (Phi) is 3.83. The van der Waals surface area contributed by atoms with Gasteiger partial charge in [-0.15, -0.1) is 0 Å². The van der Waals surface area contributed by atoms with Gasteiger partial charge in [-0.25, -0.2) is 4.79 Å². The fourth-order valence-electron chi connectivity index (χ4n) is 3.50. The lowest BCUT2D eigenvalue weighted by Gasteiger charge is -2.26. The Morgan fingerprint density at radius 3 is 2.70 bits per heavy atom. The molecular formula is C14H23N3O3. The number of nitrogens with one attached hydrogen (secondary N) is 1. The van der Waals surface area contributed by atoms with Gasteiger partial charge < -0.3 is 15.3 Å². The van der Waals surface area contributed by atoms with Crippen molar-refractivity contribution < 1.29 is 14.7 Å². The molecule has 2 N–H and O–H groups in total. The lowest BCUT2D eigenvalue weighted by atomic mass is 10.1. The first-order valence-corrected chi connectivity index (χ1v) is 7.65. The second kappa shape index (κ2) is 5.60. The normalized spacial score (nSPS) is 29.2. The molecular weight excluding hydrogens is 258 g/mol. The maximum atomic E-state index is 12.3. The van der Waals surface area contributed by atoms with E-state index in [9.17, 15) is 9.59 Å². The molecule has 0 aromatic carbocycles. The van der Waals surface area contributed by atoms with Gasteiger partial charge in [0.2, 0.25) is 0 Å². The number of fused-ring (bicyclic) bond motifs is 1. The molecule has 3 fully saturated rings. The van der Waals surface area contributed by atoms with Gasteiger partial charge >= 0.3 is 12.0 Å². The quantitative estimate of drug-likeness (QED) is 0.779. The average Bonchev–Trinajstić information content (AvgIpc) is 2.95. The van der Waals surface area contributed by atoms with Crippen LogP contribution in [0.5, 0.6) is 0 Å². The van der Waals surface area contributed by atoms with Crippen molar-refractivity contribution in [1.29, 1.82) is 0 Å². The van der Waals surface area contributed by atoms with Crippen LogP contribution in [0.15, 0.2) is 0 Å². The van der Waals surface area contributed by atoms with E-state index in [4.69, 9.17) is 5.11 Å². The highest BCUT2D eigenvalue weighted by Gasteiger charge is 2.39. The summed E-state index contributed by atoms with van der Waals surface area (Å²) in [6.07, 6.45) is 5.57. The first-order chi connectivity index (χ1) is 9.63. The molecule has 1 aliphatic carbocycles. The van der Waals surface area contributed by atoms with E-state index in [-0.39, 0.29) is 18.6 Å². The molecule has 6 nitrogen and oxygen atoms in total. The van der Waals surface area contributed by atoms with Crippen molar-refractivity contribution in [1.82, 2.24) is 15.1 Å². The van der Waals surface area contributed by atoms with E-state index in [0.29, 0.717) is 18.5 Å². The maximum absolute atomic E-state index is 12.3. The van der Waals surface area contributed by atoms with Crippen LogP contribution in [0, 0.1) is 5.92 Å². The summed E-state index contributed by atoms with van der Waals surface area (Å²) in [5.74, 6) is -0.429. The fraction of sp³-hybridized carbons (Fsp3) is 0.857. The second-order valence-electron chi connectivity index (χ2n) is 6.31. The molecule has 2 aliphatic heterocycles. The van der Waals surface area contributed by atoms with Crippen molar-refractivity contribution in [3.8, 4) is 0 Å². The summed E-state index contributed by atoms with van der Waals surface area (Å²) in [6, 6.07) is 0.463. The van der Waals surface area contributed by atoms with Crippen LogP contribution in [0.2, 0.25) is 0 Å². The van der Waals surface area contributed by atoms with Crippen molar-refractivity contribution in [3.05, 3.63) is 0 Å². The molecule has 2 saturated heterocycles. The summed E-state index contributed by atoms with van der Waals surface area (Å²) in [6.45, 7) is 2.58. The minimum Gasteiger partial charge on any atom is -0.480 e. The Morgan fingerprint density at radius 2 is 2.00 bits per heavy atom. The highest BCUT2D eigenvalue weighted by Crippen LogP contribution is 2.30. The molecule has 112 valence electrons. The van der Waals surface area contributed by atoms with Gasteiger partial charge in [0, 0.05) is 25.2 Å². The zero-order valence-electron chi connectivity index (χ0n) is 11.8. The molecule has 20 heavy (non-hydrogen) atoms. The Hall–Kier alpha value is -1.30. The SMILES string of the molecule is O=C(O)CN(CC1CC1)C(=O)NC1CCN2CCCC12. The summed E-state index contributed by atoms with van der Waals surface area (Å²) < 4.78 is 0. The number of carbonyl (C=O) groups excluding carboxylic acids is 1. The molecule has 2 amide bonds. The number of carboxylic acids is 1. The lowest BCUT2D eigenvalue weighted by molar-refractivity contribution is -0.137. The van der Waals surface area contributed by atoms with Gasteiger partial charge in [0.05, 0.1) is 0 Å². The molecule has 2 unspecified atom stereocenters. The molecule has 3 rings (SSSR count). The van der Waals surface area contributed by atoms with Crippen LogP contribution in [0.4, 0.5) is 4.79 Å². The number of rotatable bonds is 5. The monoisotopic (exact) mass is 281 g/mol. The van der Waals surface area contributed by atoms with Gasteiger partial charge in [-0.05, 0) is 44.6 Å². The Labute approximate surface area is 119 Å². The van der Waals surface area contributed by atoms with E-state index >= 15 is 0 Å².